The molecule has 1 heterocycles. The number of hydrogen-bond acceptors (Lipinski definition) is 3. The van der Waals surface area contributed by atoms with E-state index in [2.05, 4.69) is 11.4 Å². The molecule has 1 atom stereocenters. The first-order valence-corrected chi connectivity index (χ1v) is 8.02. The first-order chi connectivity index (χ1) is 11.2. The largest absolute Gasteiger partial charge is 0.391 e. The number of pyridine rings is 1. The van der Waals surface area contributed by atoms with Crippen LogP contribution >= 0.6 is 0 Å². The molecule has 2 aromatic rings. The summed E-state index contributed by atoms with van der Waals surface area (Å²) in [7, 11) is 0. The third kappa shape index (κ3) is 5.51. The topological polar surface area (TPSA) is 56.4 Å². The lowest BCUT2D eigenvalue weighted by molar-refractivity contribution is -0.698. The zero-order valence-electron chi connectivity index (χ0n) is 13.5. The number of aliphatic hydroxyl groups excluding tert-OH is 2. The van der Waals surface area contributed by atoms with Gasteiger partial charge < -0.3 is 15.5 Å². The van der Waals surface area contributed by atoms with Crippen LogP contribution in [0.15, 0.2) is 54.9 Å². The average Bonchev–Trinajstić information content (AvgIpc) is 2.60. The summed E-state index contributed by atoms with van der Waals surface area (Å²) in [6.45, 7) is 3.19. The predicted molar refractivity (Wildman–Crippen MR) is 92.3 cm³/mol. The van der Waals surface area contributed by atoms with Gasteiger partial charge >= 0.3 is 0 Å². The van der Waals surface area contributed by atoms with Gasteiger partial charge in [-0.3, -0.25) is 0 Å². The van der Waals surface area contributed by atoms with E-state index in [9.17, 15) is 5.11 Å². The number of aromatic nitrogens is 1. The molecule has 0 aliphatic rings. The fraction of sp³-hybridized carbons (Fsp3) is 0.316. The van der Waals surface area contributed by atoms with Gasteiger partial charge in [-0.05, 0) is 18.1 Å². The predicted octanol–water partition coefficient (Wildman–Crippen LogP) is 1.83. The molecule has 23 heavy (non-hydrogen) atoms. The second-order valence-corrected chi connectivity index (χ2v) is 5.46. The molecule has 4 heteroatoms. The maximum atomic E-state index is 9.81. The summed E-state index contributed by atoms with van der Waals surface area (Å²) in [4.78, 5) is 0. The quantitative estimate of drug-likeness (QED) is 0.652. The first-order valence-electron chi connectivity index (χ1n) is 8.02. The first kappa shape index (κ1) is 17.2. The van der Waals surface area contributed by atoms with Crippen LogP contribution in [0.1, 0.15) is 24.5 Å². The smallest absolute Gasteiger partial charge is 0.171 e. The van der Waals surface area contributed by atoms with E-state index in [0.717, 1.165) is 23.2 Å². The Hall–Kier alpha value is -2.17. The van der Waals surface area contributed by atoms with Gasteiger partial charge in [0.2, 0.25) is 0 Å². The SMILES string of the molecule is CCC(O)CN/C(=C/c1ccccc1)c1cc[n+](CCO)cc1. The van der Waals surface area contributed by atoms with Crippen LogP contribution in [0.2, 0.25) is 0 Å². The lowest BCUT2D eigenvalue weighted by Gasteiger charge is -2.14. The van der Waals surface area contributed by atoms with Crippen molar-refractivity contribution in [2.75, 3.05) is 13.2 Å². The standard InChI is InChI=1S/C19H25N2O2/c1-2-18(23)15-20-19(14-16-6-4-3-5-7-16)17-8-10-21(11-9-17)12-13-22/h3-11,14,18,20,22-23H,2,12-13,15H2,1H3/q+1/b19-14+. The van der Waals surface area contributed by atoms with Crippen molar-refractivity contribution in [2.45, 2.75) is 26.0 Å². The summed E-state index contributed by atoms with van der Waals surface area (Å²) in [6, 6.07) is 14.1. The van der Waals surface area contributed by atoms with Crippen molar-refractivity contribution in [3.05, 3.63) is 66.0 Å². The van der Waals surface area contributed by atoms with Crippen LogP contribution in [0, 0.1) is 0 Å². The minimum atomic E-state index is -0.364. The Bertz CT molecular complexity index is 609. The van der Waals surface area contributed by atoms with Crippen molar-refractivity contribution in [3.8, 4) is 0 Å². The zero-order chi connectivity index (χ0) is 16.5. The Morgan fingerprint density at radius 1 is 1.17 bits per heavy atom. The molecule has 122 valence electrons. The van der Waals surface area contributed by atoms with Gasteiger partial charge in [0, 0.05) is 29.9 Å². The molecule has 1 unspecified atom stereocenters. The van der Waals surface area contributed by atoms with Gasteiger partial charge in [-0.25, -0.2) is 4.57 Å². The molecule has 2 rings (SSSR count). The molecular weight excluding hydrogens is 288 g/mol. The van der Waals surface area contributed by atoms with Gasteiger partial charge in [-0.15, -0.1) is 0 Å². The zero-order valence-corrected chi connectivity index (χ0v) is 13.5. The van der Waals surface area contributed by atoms with Crippen LogP contribution in [-0.2, 0) is 6.54 Å². The normalized spacial score (nSPS) is 12.9. The Balaban J connectivity index is 2.23. The molecule has 0 amide bonds. The minimum Gasteiger partial charge on any atom is -0.391 e. The number of rotatable bonds is 8. The van der Waals surface area contributed by atoms with Crippen molar-refractivity contribution in [3.63, 3.8) is 0 Å². The molecule has 0 fully saturated rings. The molecular formula is C19H25N2O2+. The number of aliphatic hydroxyl groups is 2. The molecule has 0 radical (unpaired) electrons. The maximum absolute atomic E-state index is 9.81. The third-order valence-electron chi connectivity index (χ3n) is 3.67. The molecule has 1 aromatic carbocycles. The maximum Gasteiger partial charge on any atom is 0.171 e. The highest BCUT2D eigenvalue weighted by Gasteiger charge is 2.07. The lowest BCUT2D eigenvalue weighted by Crippen LogP contribution is -2.34. The highest BCUT2D eigenvalue weighted by Crippen LogP contribution is 2.15. The summed E-state index contributed by atoms with van der Waals surface area (Å²) in [5.74, 6) is 0. The van der Waals surface area contributed by atoms with Gasteiger partial charge in [0.1, 0.15) is 6.61 Å². The Kier molecular flexibility index (Phi) is 6.78. The molecule has 0 aliphatic carbocycles. The van der Waals surface area contributed by atoms with E-state index in [1.165, 1.54) is 0 Å². The molecule has 4 nitrogen and oxygen atoms in total. The van der Waals surface area contributed by atoms with E-state index < -0.39 is 0 Å². The molecule has 0 spiro atoms. The highest BCUT2D eigenvalue weighted by molar-refractivity contribution is 5.79. The van der Waals surface area contributed by atoms with Gasteiger partial charge in [-0.1, -0.05) is 37.3 Å². The number of nitrogens with one attached hydrogen (secondary N) is 1. The van der Waals surface area contributed by atoms with Crippen molar-refractivity contribution >= 4 is 11.8 Å². The molecule has 1 aromatic heterocycles. The summed E-state index contributed by atoms with van der Waals surface area (Å²) in [6.07, 6.45) is 6.33. The Labute approximate surface area is 137 Å². The fourth-order valence-electron chi connectivity index (χ4n) is 2.23. The summed E-state index contributed by atoms with van der Waals surface area (Å²) < 4.78 is 1.94. The van der Waals surface area contributed by atoms with Gasteiger partial charge in [-0.2, -0.15) is 0 Å². The fourth-order valence-corrected chi connectivity index (χ4v) is 2.23. The molecule has 0 saturated heterocycles. The second kappa shape index (κ2) is 9.08. The van der Waals surface area contributed by atoms with Crippen molar-refractivity contribution < 1.29 is 14.8 Å². The Morgan fingerprint density at radius 2 is 1.87 bits per heavy atom. The van der Waals surface area contributed by atoms with Crippen LogP contribution in [0.4, 0.5) is 0 Å². The van der Waals surface area contributed by atoms with Gasteiger partial charge in [0.25, 0.3) is 0 Å². The second-order valence-electron chi connectivity index (χ2n) is 5.46. The van der Waals surface area contributed by atoms with Crippen molar-refractivity contribution in [1.82, 2.24) is 5.32 Å². The van der Waals surface area contributed by atoms with E-state index in [-0.39, 0.29) is 12.7 Å². The Morgan fingerprint density at radius 3 is 2.48 bits per heavy atom. The van der Waals surface area contributed by atoms with E-state index in [4.69, 9.17) is 5.11 Å². The van der Waals surface area contributed by atoms with Crippen LogP contribution in [-0.4, -0.2) is 29.5 Å². The lowest BCUT2D eigenvalue weighted by atomic mass is 10.1. The van der Waals surface area contributed by atoms with Crippen LogP contribution < -0.4 is 9.88 Å². The minimum absolute atomic E-state index is 0.123. The molecule has 3 N–H and O–H groups in total. The molecule has 0 bridgehead atoms. The van der Waals surface area contributed by atoms with Crippen LogP contribution in [0.3, 0.4) is 0 Å². The number of hydrogen-bond donors (Lipinski definition) is 3. The van der Waals surface area contributed by atoms with Crippen LogP contribution in [0.5, 0.6) is 0 Å². The third-order valence-corrected chi connectivity index (χ3v) is 3.67. The van der Waals surface area contributed by atoms with E-state index >= 15 is 0 Å². The number of nitrogens with zero attached hydrogens (tertiary/aromatic N) is 1. The molecule has 0 aliphatic heterocycles. The summed E-state index contributed by atoms with van der Waals surface area (Å²) >= 11 is 0. The summed E-state index contributed by atoms with van der Waals surface area (Å²) in [5, 5.41) is 22.1. The van der Waals surface area contributed by atoms with E-state index in [0.29, 0.717) is 13.1 Å². The van der Waals surface area contributed by atoms with E-state index in [1.807, 2.05) is 66.3 Å². The number of benzene rings is 1. The van der Waals surface area contributed by atoms with Gasteiger partial charge in [0.15, 0.2) is 18.9 Å². The molecule has 0 saturated carbocycles. The van der Waals surface area contributed by atoms with E-state index in [1.54, 1.807) is 0 Å². The van der Waals surface area contributed by atoms with Crippen molar-refractivity contribution in [1.29, 1.82) is 0 Å². The average molecular weight is 313 g/mol. The highest BCUT2D eigenvalue weighted by atomic mass is 16.3. The van der Waals surface area contributed by atoms with Crippen molar-refractivity contribution in [2.24, 2.45) is 0 Å². The summed E-state index contributed by atoms with van der Waals surface area (Å²) in [5.41, 5.74) is 3.12. The monoisotopic (exact) mass is 313 g/mol. The van der Waals surface area contributed by atoms with Gasteiger partial charge in [0.05, 0.1) is 6.10 Å². The van der Waals surface area contributed by atoms with Crippen LogP contribution in [0.25, 0.3) is 11.8 Å².